The first-order valence-electron chi connectivity index (χ1n) is 7.11. The molecule has 0 saturated carbocycles. The molecule has 0 radical (unpaired) electrons. The minimum atomic E-state index is -1.08. The smallest absolute Gasteiger partial charge is 0.389 e. The molecule has 2 aromatic heterocycles. The van der Waals surface area contributed by atoms with E-state index >= 15 is 0 Å². The topological polar surface area (TPSA) is 129 Å². The minimum Gasteiger partial charge on any atom is -0.389 e. The predicted octanol–water partition coefficient (Wildman–Crippen LogP) is 0.808. The van der Waals surface area contributed by atoms with Crippen LogP contribution in [0.3, 0.4) is 0 Å². The van der Waals surface area contributed by atoms with Gasteiger partial charge in [0.05, 0.1) is 24.1 Å². The molecule has 130 valence electrons. The third-order valence-corrected chi connectivity index (χ3v) is 3.31. The van der Waals surface area contributed by atoms with Crippen LogP contribution in [0.25, 0.3) is 11.5 Å². The summed E-state index contributed by atoms with van der Waals surface area (Å²) in [7, 11) is 0. The normalized spacial score (nSPS) is 12.2. The number of benzene rings is 1. The first-order chi connectivity index (χ1) is 11.9. The van der Waals surface area contributed by atoms with Crippen molar-refractivity contribution < 1.29 is 18.8 Å². The summed E-state index contributed by atoms with van der Waals surface area (Å²) < 4.78 is 20.0. The van der Waals surface area contributed by atoms with Crippen LogP contribution in [0.1, 0.15) is 0 Å². The van der Waals surface area contributed by atoms with E-state index in [4.69, 9.17) is 4.42 Å². The molecule has 0 amide bonds. The van der Waals surface area contributed by atoms with Gasteiger partial charge in [-0.3, -0.25) is 14.8 Å². The zero-order valence-corrected chi connectivity index (χ0v) is 12.6. The Hall–Kier alpha value is -3.34. The van der Waals surface area contributed by atoms with Crippen LogP contribution in [0.2, 0.25) is 0 Å². The number of hydrogen-bond acceptors (Lipinski definition) is 7. The highest BCUT2D eigenvalue weighted by atomic mass is 19.1. The Bertz CT molecular complexity index is 945. The average Bonchev–Trinajstić information content (AvgIpc) is 3.16. The van der Waals surface area contributed by atoms with Crippen molar-refractivity contribution in [3.05, 3.63) is 63.1 Å². The second-order valence-corrected chi connectivity index (χ2v) is 5.19. The molecule has 2 heterocycles. The molecule has 3 aromatic rings. The number of aliphatic hydroxyl groups excluding tert-OH is 1. The Morgan fingerprint density at radius 2 is 2.04 bits per heavy atom. The lowest BCUT2D eigenvalue weighted by Gasteiger charge is -2.08. The van der Waals surface area contributed by atoms with Crippen LogP contribution in [0.5, 0.6) is 0 Å². The van der Waals surface area contributed by atoms with Gasteiger partial charge in [-0.05, 0) is 24.3 Å². The van der Waals surface area contributed by atoms with Crippen molar-refractivity contribution in [2.24, 2.45) is 0 Å². The van der Waals surface area contributed by atoms with Gasteiger partial charge in [0.1, 0.15) is 18.2 Å². The summed E-state index contributed by atoms with van der Waals surface area (Å²) in [5.41, 5.74) is 0.207. The number of hydrogen-bond donors (Lipinski definition) is 1. The van der Waals surface area contributed by atoms with Gasteiger partial charge in [-0.1, -0.05) is 0 Å². The minimum absolute atomic E-state index is 0.00747. The van der Waals surface area contributed by atoms with Crippen molar-refractivity contribution in [3.63, 3.8) is 0 Å². The third kappa shape index (κ3) is 3.77. The van der Waals surface area contributed by atoms with Crippen molar-refractivity contribution >= 4 is 5.69 Å². The summed E-state index contributed by atoms with van der Waals surface area (Å²) in [6.45, 7) is -0.268. The Kier molecular flexibility index (Phi) is 4.39. The van der Waals surface area contributed by atoms with Gasteiger partial charge in [0, 0.05) is 5.56 Å². The van der Waals surface area contributed by atoms with Crippen LogP contribution in [-0.2, 0) is 13.1 Å². The maximum absolute atomic E-state index is 12.9. The summed E-state index contributed by atoms with van der Waals surface area (Å²) in [6, 6.07) is 5.22. The predicted molar refractivity (Wildman–Crippen MR) is 81.0 cm³/mol. The van der Waals surface area contributed by atoms with E-state index in [9.17, 15) is 24.4 Å². The van der Waals surface area contributed by atoms with Crippen LogP contribution in [0.15, 0.2) is 45.9 Å². The second kappa shape index (κ2) is 6.65. The molecular formula is C14H12FN5O5. The van der Waals surface area contributed by atoms with Gasteiger partial charge in [-0.2, -0.15) is 9.78 Å². The van der Waals surface area contributed by atoms with Gasteiger partial charge in [0.15, 0.2) is 0 Å². The quantitative estimate of drug-likeness (QED) is 0.515. The van der Waals surface area contributed by atoms with Crippen molar-refractivity contribution in [1.82, 2.24) is 19.6 Å². The molecule has 11 heteroatoms. The summed E-state index contributed by atoms with van der Waals surface area (Å²) in [4.78, 5) is 21.8. The third-order valence-electron chi connectivity index (χ3n) is 3.31. The summed E-state index contributed by atoms with van der Waals surface area (Å²) in [5, 5.41) is 28.3. The van der Waals surface area contributed by atoms with Gasteiger partial charge < -0.3 is 9.52 Å². The van der Waals surface area contributed by atoms with Gasteiger partial charge in [0.25, 0.3) is 0 Å². The zero-order valence-electron chi connectivity index (χ0n) is 12.6. The van der Waals surface area contributed by atoms with E-state index < -0.39 is 22.6 Å². The molecule has 1 atom stereocenters. The highest BCUT2D eigenvalue weighted by Crippen LogP contribution is 2.15. The number of halogens is 1. The van der Waals surface area contributed by atoms with Gasteiger partial charge >= 0.3 is 11.4 Å². The summed E-state index contributed by atoms with van der Waals surface area (Å²) >= 11 is 0. The number of rotatable bonds is 6. The van der Waals surface area contributed by atoms with Crippen LogP contribution < -0.4 is 5.76 Å². The van der Waals surface area contributed by atoms with E-state index in [0.717, 1.165) is 10.9 Å². The van der Waals surface area contributed by atoms with Gasteiger partial charge in [-0.25, -0.2) is 9.18 Å². The van der Waals surface area contributed by atoms with Crippen molar-refractivity contribution in [1.29, 1.82) is 0 Å². The number of nitro groups is 1. The van der Waals surface area contributed by atoms with Crippen molar-refractivity contribution in [3.8, 4) is 11.5 Å². The fourth-order valence-electron chi connectivity index (χ4n) is 2.15. The Balaban J connectivity index is 1.70. The Morgan fingerprint density at radius 1 is 1.32 bits per heavy atom. The molecule has 0 fully saturated rings. The fourth-order valence-corrected chi connectivity index (χ4v) is 2.15. The second-order valence-electron chi connectivity index (χ2n) is 5.19. The summed E-state index contributed by atoms with van der Waals surface area (Å²) in [6.07, 6.45) is 1.14. The highest BCUT2D eigenvalue weighted by molar-refractivity contribution is 5.51. The van der Waals surface area contributed by atoms with Crippen molar-refractivity contribution in [2.45, 2.75) is 19.2 Å². The van der Waals surface area contributed by atoms with E-state index in [1.165, 1.54) is 35.1 Å². The maximum atomic E-state index is 12.9. The van der Waals surface area contributed by atoms with Gasteiger partial charge in [-0.15, -0.1) is 5.10 Å². The maximum Gasteiger partial charge on any atom is 0.437 e. The fraction of sp³-hybridized carbons (Fsp3) is 0.214. The number of aromatic nitrogens is 4. The molecule has 1 unspecified atom stereocenters. The monoisotopic (exact) mass is 349 g/mol. The largest absolute Gasteiger partial charge is 0.437 e. The molecule has 1 N–H and O–H groups in total. The summed E-state index contributed by atoms with van der Waals surface area (Å²) in [5.74, 6) is -1.23. The van der Waals surface area contributed by atoms with E-state index in [1.54, 1.807) is 0 Å². The molecule has 1 aromatic carbocycles. The molecule has 10 nitrogen and oxygen atoms in total. The SMILES string of the molecule is O=c1oc(-c2ccc(F)cc2)nn1CC(O)Cn1cc([N+](=O)[O-])cn1. The van der Waals surface area contributed by atoms with Gasteiger partial charge in [0.2, 0.25) is 5.89 Å². The molecule has 0 spiro atoms. The van der Waals surface area contributed by atoms with Crippen LogP contribution >= 0.6 is 0 Å². The first-order valence-corrected chi connectivity index (χ1v) is 7.11. The lowest BCUT2D eigenvalue weighted by atomic mass is 10.2. The first kappa shape index (κ1) is 16.5. The van der Waals surface area contributed by atoms with E-state index in [-0.39, 0.29) is 24.7 Å². The number of nitrogens with zero attached hydrogens (tertiary/aromatic N) is 5. The molecule has 0 aliphatic rings. The molecule has 3 rings (SSSR count). The van der Waals surface area contributed by atoms with E-state index in [2.05, 4.69) is 10.2 Å². The van der Waals surface area contributed by atoms with Crippen LogP contribution in [0.4, 0.5) is 10.1 Å². The molecule has 0 aliphatic carbocycles. The zero-order chi connectivity index (χ0) is 18.0. The van der Waals surface area contributed by atoms with Crippen LogP contribution in [0, 0.1) is 15.9 Å². The lowest BCUT2D eigenvalue weighted by molar-refractivity contribution is -0.385. The van der Waals surface area contributed by atoms with E-state index in [0.29, 0.717) is 5.56 Å². The average molecular weight is 349 g/mol. The molecule has 0 saturated heterocycles. The Morgan fingerprint density at radius 3 is 2.68 bits per heavy atom. The van der Waals surface area contributed by atoms with E-state index in [1.807, 2.05) is 0 Å². The highest BCUT2D eigenvalue weighted by Gasteiger charge is 2.16. The Labute approximate surface area is 138 Å². The molecule has 25 heavy (non-hydrogen) atoms. The number of aliphatic hydroxyl groups is 1. The molecular weight excluding hydrogens is 337 g/mol. The lowest BCUT2D eigenvalue weighted by Crippen LogP contribution is -2.28. The standard InChI is InChI=1S/C14H12FN5O5/c15-10-3-1-9(2-4-10)13-17-19(14(22)25-13)8-12(21)7-18-6-11(5-16-18)20(23)24/h1-6,12,21H,7-8H2. The van der Waals surface area contributed by atoms with Crippen molar-refractivity contribution in [2.75, 3.05) is 0 Å². The molecule has 0 bridgehead atoms. The molecule has 0 aliphatic heterocycles. The van der Waals surface area contributed by atoms with Crippen LogP contribution in [-0.4, -0.2) is 35.7 Å².